The van der Waals surface area contributed by atoms with Crippen molar-refractivity contribution in [1.29, 1.82) is 0 Å². The molecule has 1 amide bonds. The van der Waals surface area contributed by atoms with Crippen LogP contribution in [0.1, 0.15) is 55.5 Å². The van der Waals surface area contributed by atoms with E-state index in [1.165, 1.54) is 12.1 Å². The Morgan fingerprint density at radius 3 is 1.92 bits per heavy atom. The molecule has 26 heavy (non-hydrogen) atoms. The van der Waals surface area contributed by atoms with Crippen LogP contribution >= 0.6 is 12.4 Å². The first kappa shape index (κ1) is 24.6. The number of ketones is 1. The van der Waals surface area contributed by atoms with E-state index in [1.54, 1.807) is 12.1 Å². The largest absolute Gasteiger partial charge is 0.368 e. The average molecular weight is 405 g/mol. The number of amides is 1. The summed E-state index contributed by atoms with van der Waals surface area (Å²) in [4.78, 5) is 24.7. The van der Waals surface area contributed by atoms with Crippen LogP contribution in [0.15, 0.2) is 24.3 Å². The van der Waals surface area contributed by atoms with Gasteiger partial charge in [0.15, 0.2) is 21.2 Å². The molecule has 0 aromatic heterocycles. The van der Waals surface area contributed by atoms with E-state index < -0.39 is 38.1 Å². The number of primary amides is 1. The van der Waals surface area contributed by atoms with Gasteiger partial charge in [0.25, 0.3) is 0 Å². The zero-order valence-corrected chi connectivity index (χ0v) is 17.2. The number of sulfone groups is 1. The first-order valence-corrected chi connectivity index (χ1v) is 10.2. The molecule has 0 saturated carbocycles. The number of benzene rings is 1. The maximum Gasteiger partial charge on any atom is 0.246 e. The van der Waals surface area contributed by atoms with Gasteiger partial charge in [0.05, 0.1) is 11.0 Å². The quantitative estimate of drug-likeness (QED) is 0.457. The molecule has 1 unspecified atom stereocenters. The van der Waals surface area contributed by atoms with E-state index in [2.05, 4.69) is 0 Å². The summed E-state index contributed by atoms with van der Waals surface area (Å²) in [5, 5.41) is -0.629. The van der Waals surface area contributed by atoms with E-state index in [-0.39, 0.29) is 18.0 Å². The highest BCUT2D eigenvalue weighted by molar-refractivity contribution is 7.92. The van der Waals surface area contributed by atoms with Crippen LogP contribution in [0.25, 0.3) is 0 Å². The molecule has 0 saturated heterocycles. The number of nitrogens with two attached hydrogens (primary N) is 2. The fraction of sp³-hybridized carbons (Fsp3) is 0.556. The van der Waals surface area contributed by atoms with E-state index >= 15 is 0 Å². The van der Waals surface area contributed by atoms with Gasteiger partial charge >= 0.3 is 0 Å². The Balaban J connectivity index is 0.00000625. The second-order valence-electron chi connectivity index (χ2n) is 6.54. The highest BCUT2D eigenvalue weighted by Crippen LogP contribution is 2.22. The zero-order valence-electron chi connectivity index (χ0n) is 15.5. The Morgan fingerprint density at radius 1 is 1.08 bits per heavy atom. The normalized spacial score (nSPS) is 13.7. The van der Waals surface area contributed by atoms with Crippen molar-refractivity contribution >= 4 is 33.9 Å². The van der Waals surface area contributed by atoms with Crippen LogP contribution in [-0.4, -0.2) is 36.6 Å². The summed E-state index contributed by atoms with van der Waals surface area (Å²) in [5.74, 6) is -2.67. The highest BCUT2D eigenvalue weighted by Gasteiger charge is 2.46. The minimum atomic E-state index is -3.76. The van der Waals surface area contributed by atoms with Crippen molar-refractivity contribution in [1.82, 2.24) is 0 Å². The van der Waals surface area contributed by atoms with E-state index in [9.17, 15) is 18.0 Å². The molecular weight excluding hydrogens is 376 g/mol. The molecule has 0 heterocycles. The summed E-state index contributed by atoms with van der Waals surface area (Å²) < 4.78 is 25.6. The van der Waals surface area contributed by atoms with Crippen molar-refractivity contribution in [2.24, 2.45) is 11.5 Å². The van der Waals surface area contributed by atoms with Crippen molar-refractivity contribution in [3.63, 3.8) is 0 Å². The Labute approximate surface area is 162 Å². The Morgan fingerprint density at radius 2 is 1.54 bits per heavy atom. The number of carbonyl (C=O) groups is 2. The van der Waals surface area contributed by atoms with Gasteiger partial charge in [-0.25, -0.2) is 8.42 Å². The molecule has 8 heteroatoms. The number of aryl methyl sites for hydroxylation is 1. The molecule has 6 nitrogen and oxygen atoms in total. The smallest absolute Gasteiger partial charge is 0.246 e. The van der Waals surface area contributed by atoms with Gasteiger partial charge in [-0.1, -0.05) is 56.5 Å². The number of hydrogen-bond donors (Lipinski definition) is 2. The monoisotopic (exact) mass is 404 g/mol. The van der Waals surface area contributed by atoms with E-state index in [0.29, 0.717) is 25.7 Å². The molecule has 0 fully saturated rings. The number of halogens is 1. The number of Topliss-reactive ketones (excluding diaryl/α,β-unsaturated/α-hetero) is 1. The molecule has 1 rings (SSSR count). The maximum absolute atomic E-state index is 12.8. The van der Waals surface area contributed by atoms with Crippen molar-refractivity contribution < 1.29 is 18.0 Å². The standard InChI is InChI=1S/C18H28N2O4S.ClH/c1-4-6-15(7-5-2)25(23,24)12-18(20,17(19)22)16(21)14-10-8-13(3)9-11-14;/h8-11,15H,4-7,12,20H2,1-3H3,(H2,19,22);1H. The molecule has 0 bridgehead atoms. The molecule has 0 radical (unpaired) electrons. The van der Waals surface area contributed by atoms with Crippen molar-refractivity contribution in [3.8, 4) is 0 Å². The topological polar surface area (TPSA) is 120 Å². The molecule has 1 atom stereocenters. The van der Waals surface area contributed by atoms with Crippen LogP contribution < -0.4 is 11.5 Å². The lowest BCUT2D eigenvalue weighted by molar-refractivity contribution is -0.120. The minimum absolute atomic E-state index is 0. The molecule has 4 N–H and O–H groups in total. The van der Waals surface area contributed by atoms with E-state index in [4.69, 9.17) is 11.5 Å². The van der Waals surface area contributed by atoms with Gasteiger partial charge < -0.3 is 11.5 Å². The second-order valence-corrected chi connectivity index (χ2v) is 8.82. The summed E-state index contributed by atoms with van der Waals surface area (Å²) >= 11 is 0. The Kier molecular flexibility index (Phi) is 9.48. The Bertz CT molecular complexity index is 713. The third-order valence-corrected chi connectivity index (χ3v) is 6.66. The lowest BCUT2D eigenvalue weighted by atomic mass is 9.91. The molecule has 148 valence electrons. The first-order valence-electron chi connectivity index (χ1n) is 8.50. The van der Waals surface area contributed by atoms with Gasteiger partial charge in [-0.15, -0.1) is 12.4 Å². The van der Waals surface area contributed by atoms with Gasteiger partial charge in [0.1, 0.15) is 0 Å². The third-order valence-electron chi connectivity index (χ3n) is 4.32. The van der Waals surface area contributed by atoms with Gasteiger partial charge in [0, 0.05) is 5.56 Å². The molecular formula is C18H29ClN2O4S. The van der Waals surface area contributed by atoms with Crippen LogP contribution in [0.5, 0.6) is 0 Å². The molecule has 1 aromatic carbocycles. The Hall–Kier alpha value is -1.44. The van der Waals surface area contributed by atoms with Crippen LogP contribution in [0.3, 0.4) is 0 Å². The number of rotatable bonds is 10. The van der Waals surface area contributed by atoms with Gasteiger partial charge in [-0.3, -0.25) is 9.59 Å². The fourth-order valence-electron chi connectivity index (χ4n) is 2.79. The van der Waals surface area contributed by atoms with Crippen LogP contribution in [-0.2, 0) is 14.6 Å². The first-order chi connectivity index (χ1) is 11.6. The van der Waals surface area contributed by atoms with Gasteiger partial charge in [0.2, 0.25) is 5.91 Å². The van der Waals surface area contributed by atoms with Crippen molar-refractivity contribution in [2.75, 3.05) is 5.75 Å². The number of hydrogen-bond acceptors (Lipinski definition) is 5. The van der Waals surface area contributed by atoms with E-state index in [1.807, 2.05) is 20.8 Å². The fourth-order valence-corrected chi connectivity index (χ4v) is 5.13. The van der Waals surface area contributed by atoms with Crippen LogP contribution in [0.2, 0.25) is 0 Å². The lowest BCUT2D eigenvalue weighted by Gasteiger charge is -2.27. The SMILES string of the molecule is CCCC(CCC)S(=O)(=O)CC(N)(C(N)=O)C(=O)c1ccc(C)cc1.Cl. The predicted molar refractivity (Wildman–Crippen MR) is 106 cm³/mol. The van der Waals surface area contributed by atoms with Crippen molar-refractivity contribution in [3.05, 3.63) is 35.4 Å². The zero-order chi connectivity index (χ0) is 19.3. The van der Waals surface area contributed by atoms with Crippen molar-refractivity contribution in [2.45, 2.75) is 57.2 Å². The molecule has 0 aliphatic heterocycles. The third kappa shape index (κ3) is 5.79. The highest BCUT2D eigenvalue weighted by atomic mass is 35.5. The minimum Gasteiger partial charge on any atom is -0.368 e. The second kappa shape index (κ2) is 10.0. The maximum atomic E-state index is 12.8. The number of carbonyl (C=O) groups excluding carboxylic acids is 2. The molecule has 0 aliphatic carbocycles. The summed E-state index contributed by atoms with van der Waals surface area (Å²) in [6.45, 7) is 5.63. The lowest BCUT2D eigenvalue weighted by Crippen LogP contribution is -2.63. The summed E-state index contributed by atoms with van der Waals surface area (Å²) in [6, 6.07) is 6.43. The van der Waals surface area contributed by atoms with E-state index in [0.717, 1.165) is 5.56 Å². The predicted octanol–water partition coefficient (Wildman–Crippen LogP) is 2.17. The van der Waals surface area contributed by atoms with Gasteiger partial charge in [-0.2, -0.15) is 0 Å². The summed E-state index contributed by atoms with van der Waals surface area (Å²) in [5.41, 5.74) is 10.1. The van der Waals surface area contributed by atoms with Gasteiger partial charge in [-0.05, 0) is 19.8 Å². The average Bonchev–Trinajstić information content (AvgIpc) is 2.54. The molecule has 1 aromatic rings. The molecule has 0 spiro atoms. The summed E-state index contributed by atoms with van der Waals surface area (Å²) in [6.07, 6.45) is 2.29. The molecule has 0 aliphatic rings. The van der Waals surface area contributed by atoms with Crippen LogP contribution in [0.4, 0.5) is 0 Å². The summed E-state index contributed by atoms with van der Waals surface area (Å²) in [7, 11) is -3.76. The van der Waals surface area contributed by atoms with Crippen LogP contribution in [0, 0.1) is 6.92 Å².